The van der Waals surface area contributed by atoms with Crippen LogP contribution in [0.25, 0.3) is 0 Å². The quantitative estimate of drug-likeness (QED) is 0.817. The number of aryl methyl sites for hydroxylation is 2. The van der Waals surface area contributed by atoms with Crippen LogP contribution in [0.1, 0.15) is 27.8 Å². The van der Waals surface area contributed by atoms with Gasteiger partial charge >= 0.3 is 6.61 Å². The van der Waals surface area contributed by atoms with E-state index in [0.29, 0.717) is 18.7 Å². The Balaban J connectivity index is 2.09. The Morgan fingerprint density at radius 1 is 1.00 bits per heavy atom. The Morgan fingerprint density at radius 2 is 1.61 bits per heavy atom. The molecule has 2 N–H and O–H groups in total. The summed E-state index contributed by atoms with van der Waals surface area (Å²) in [4.78, 5) is 0. The summed E-state index contributed by atoms with van der Waals surface area (Å²) in [5.41, 5.74) is 4.46. The third-order valence-corrected chi connectivity index (χ3v) is 3.81. The van der Waals surface area contributed by atoms with E-state index >= 15 is 0 Å². The van der Waals surface area contributed by atoms with E-state index in [1.54, 1.807) is 6.07 Å². The molecule has 0 heterocycles. The van der Waals surface area contributed by atoms with Crippen molar-refractivity contribution in [3.05, 3.63) is 64.2 Å². The molecule has 2 aromatic carbocycles. The minimum atomic E-state index is -2.84. The number of aliphatic hydroxyl groups is 1. The summed E-state index contributed by atoms with van der Waals surface area (Å²) in [7, 11) is 0. The maximum atomic E-state index is 12.5. The molecule has 0 bridgehead atoms. The van der Waals surface area contributed by atoms with Gasteiger partial charge in [-0.1, -0.05) is 30.3 Å². The standard InChI is InChI=1S/C18H21F2NO2/c1-12-7-16(17(8-13(12)2)23-18(19)20)10-21-9-14-5-3-4-6-15(14)11-22/h3-8,18,21-22H,9-11H2,1-2H3. The smallest absolute Gasteiger partial charge is 0.387 e. The number of alkyl halides is 2. The summed E-state index contributed by atoms with van der Waals surface area (Å²) in [5.74, 6) is 0.200. The molecule has 0 aliphatic rings. The fourth-order valence-corrected chi connectivity index (χ4v) is 2.41. The Bertz CT molecular complexity index is 659. The summed E-state index contributed by atoms with van der Waals surface area (Å²) >= 11 is 0. The Labute approximate surface area is 134 Å². The van der Waals surface area contributed by atoms with Gasteiger partial charge in [-0.3, -0.25) is 0 Å². The van der Waals surface area contributed by atoms with Gasteiger partial charge in [-0.05, 0) is 42.2 Å². The van der Waals surface area contributed by atoms with Crippen molar-refractivity contribution in [2.75, 3.05) is 0 Å². The van der Waals surface area contributed by atoms with Crippen LogP contribution >= 0.6 is 0 Å². The minimum absolute atomic E-state index is 0.0266. The average Bonchev–Trinajstić information content (AvgIpc) is 2.52. The Hall–Kier alpha value is -1.98. The van der Waals surface area contributed by atoms with E-state index in [1.807, 2.05) is 44.2 Å². The van der Waals surface area contributed by atoms with Crippen LogP contribution in [0.3, 0.4) is 0 Å². The van der Waals surface area contributed by atoms with Crippen LogP contribution in [0.4, 0.5) is 8.78 Å². The molecule has 0 unspecified atom stereocenters. The van der Waals surface area contributed by atoms with Gasteiger partial charge in [0.2, 0.25) is 0 Å². The van der Waals surface area contributed by atoms with Gasteiger partial charge in [0.15, 0.2) is 0 Å². The van der Waals surface area contributed by atoms with Crippen LogP contribution in [0, 0.1) is 13.8 Å². The van der Waals surface area contributed by atoms with Gasteiger partial charge in [0, 0.05) is 18.7 Å². The van der Waals surface area contributed by atoms with Gasteiger partial charge in [-0.15, -0.1) is 0 Å². The molecule has 0 amide bonds. The molecule has 0 aliphatic carbocycles. The Morgan fingerprint density at radius 3 is 2.26 bits per heavy atom. The average molecular weight is 321 g/mol. The zero-order valence-electron chi connectivity index (χ0n) is 13.3. The first-order valence-electron chi connectivity index (χ1n) is 7.44. The summed E-state index contributed by atoms with van der Waals surface area (Å²) in [6.45, 7) is 1.88. The predicted molar refractivity (Wildman–Crippen MR) is 85.5 cm³/mol. The first-order chi connectivity index (χ1) is 11.0. The lowest BCUT2D eigenvalue weighted by Gasteiger charge is -2.15. The van der Waals surface area contributed by atoms with Gasteiger partial charge in [0.1, 0.15) is 5.75 Å². The lowest BCUT2D eigenvalue weighted by molar-refractivity contribution is -0.0505. The summed E-state index contributed by atoms with van der Waals surface area (Å²) in [5, 5.41) is 12.5. The predicted octanol–water partition coefficient (Wildman–Crippen LogP) is 3.69. The van der Waals surface area contributed by atoms with E-state index in [1.165, 1.54) is 0 Å². The minimum Gasteiger partial charge on any atom is -0.434 e. The van der Waals surface area contributed by atoms with Crippen molar-refractivity contribution in [3.63, 3.8) is 0 Å². The molecule has 0 fully saturated rings. The monoisotopic (exact) mass is 321 g/mol. The highest BCUT2D eigenvalue weighted by Crippen LogP contribution is 2.25. The van der Waals surface area contributed by atoms with Gasteiger partial charge in [0.05, 0.1) is 6.61 Å². The van der Waals surface area contributed by atoms with E-state index in [9.17, 15) is 13.9 Å². The lowest BCUT2D eigenvalue weighted by atomic mass is 10.0. The van der Waals surface area contributed by atoms with Crippen LogP contribution in [-0.2, 0) is 19.7 Å². The van der Waals surface area contributed by atoms with Crippen LogP contribution in [-0.4, -0.2) is 11.7 Å². The second-order valence-corrected chi connectivity index (χ2v) is 5.45. The zero-order chi connectivity index (χ0) is 16.8. The summed E-state index contributed by atoms with van der Waals surface area (Å²) in [6.07, 6.45) is 0. The van der Waals surface area contributed by atoms with Crippen molar-refractivity contribution < 1.29 is 18.6 Å². The number of benzene rings is 2. The molecule has 2 rings (SSSR count). The highest BCUT2D eigenvalue weighted by Gasteiger charge is 2.11. The molecule has 3 nitrogen and oxygen atoms in total. The molecule has 0 saturated heterocycles. The number of hydrogen-bond donors (Lipinski definition) is 2. The number of ether oxygens (including phenoxy) is 1. The van der Waals surface area contributed by atoms with Crippen LogP contribution in [0.2, 0.25) is 0 Å². The van der Waals surface area contributed by atoms with Crippen molar-refractivity contribution in [2.45, 2.75) is 40.2 Å². The highest BCUT2D eigenvalue weighted by atomic mass is 19.3. The maximum absolute atomic E-state index is 12.5. The summed E-state index contributed by atoms with van der Waals surface area (Å²) < 4.78 is 29.7. The van der Waals surface area contributed by atoms with Crippen molar-refractivity contribution >= 4 is 0 Å². The van der Waals surface area contributed by atoms with E-state index in [2.05, 4.69) is 10.1 Å². The molecular weight excluding hydrogens is 300 g/mol. The molecule has 0 aliphatic heterocycles. The first-order valence-corrected chi connectivity index (χ1v) is 7.44. The van der Waals surface area contributed by atoms with E-state index in [0.717, 1.165) is 22.3 Å². The van der Waals surface area contributed by atoms with Crippen LogP contribution in [0.15, 0.2) is 36.4 Å². The van der Waals surface area contributed by atoms with Crippen molar-refractivity contribution in [3.8, 4) is 5.75 Å². The third kappa shape index (κ3) is 4.74. The van der Waals surface area contributed by atoms with Crippen molar-refractivity contribution in [1.29, 1.82) is 0 Å². The second-order valence-electron chi connectivity index (χ2n) is 5.45. The number of aliphatic hydroxyl groups excluding tert-OH is 1. The number of halogens is 2. The van der Waals surface area contributed by atoms with Gasteiger partial charge < -0.3 is 15.2 Å². The number of nitrogens with one attached hydrogen (secondary N) is 1. The van der Waals surface area contributed by atoms with E-state index < -0.39 is 6.61 Å². The number of hydrogen-bond acceptors (Lipinski definition) is 3. The second kappa shape index (κ2) is 8.04. The fraction of sp³-hybridized carbons (Fsp3) is 0.333. The van der Waals surface area contributed by atoms with Crippen molar-refractivity contribution in [2.24, 2.45) is 0 Å². The molecule has 0 spiro atoms. The largest absolute Gasteiger partial charge is 0.434 e. The molecule has 5 heteroatoms. The van der Waals surface area contributed by atoms with Crippen LogP contribution in [0.5, 0.6) is 5.75 Å². The normalized spacial score (nSPS) is 11.0. The molecule has 23 heavy (non-hydrogen) atoms. The molecular formula is C18H21F2NO2. The summed E-state index contributed by atoms with van der Waals surface area (Å²) in [6, 6.07) is 11.1. The maximum Gasteiger partial charge on any atom is 0.387 e. The highest BCUT2D eigenvalue weighted by molar-refractivity contribution is 5.42. The molecule has 0 radical (unpaired) electrons. The van der Waals surface area contributed by atoms with Crippen molar-refractivity contribution in [1.82, 2.24) is 5.32 Å². The number of rotatable bonds is 7. The lowest BCUT2D eigenvalue weighted by Crippen LogP contribution is -2.16. The third-order valence-electron chi connectivity index (χ3n) is 3.81. The van der Waals surface area contributed by atoms with E-state index in [4.69, 9.17) is 0 Å². The first kappa shape index (κ1) is 17.4. The zero-order valence-corrected chi connectivity index (χ0v) is 13.3. The van der Waals surface area contributed by atoms with E-state index in [-0.39, 0.29) is 12.4 Å². The van der Waals surface area contributed by atoms with Gasteiger partial charge in [-0.2, -0.15) is 8.78 Å². The fourth-order valence-electron chi connectivity index (χ4n) is 2.41. The van der Waals surface area contributed by atoms with Gasteiger partial charge in [0.25, 0.3) is 0 Å². The van der Waals surface area contributed by atoms with Crippen LogP contribution < -0.4 is 10.1 Å². The molecule has 2 aromatic rings. The van der Waals surface area contributed by atoms with Gasteiger partial charge in [-0.25, -0.2) is 0 Å². The molecule has 0 saturated carbocycles. The SMILES string of the molecule is Cc1cc(CNCc2ccccc2CO)c(OC(F)F)cc1C. The topological polar surface area (TPSA) is 41.5 Å². The molecule has 124 valence electrons. The molecule has 0 atom stereocenters. The Kier molecular flexibility index (Phi) is 6.07. The molecule has 0 aromatic heterocycles.